The van der Waals surface area contributed by atoms with Crippen LogP contribution in [-0.4, -0.2) is 59.8 Å². The maximum atomic E-state index is 9.38. The third-order valence-corrected chi connectivity index (χ3v) is 2.83. The van der Waals surface area contributed by atoms with Crippen LogP contribution in [0, 0.1) is 0 Å². The fourth-order valence-electron chi connectivity index (χ4n) is 0.102. The van der Waals surface area contributed by atoms with E-state index >= 15 is 0 Å². The molecule has 72 valence electrons. The van der Waals surface area contributed by atoms with Crippen molar-refractivity contribution in [1.29, 1.82) is 0 Å². The monoisotopic (exact) mass is 390 g/mol. The molecule has 9 nitrogen and oxygen atoms in total. The summed E-state index contributed by atoms with van der Waals surface area (Å²) in [5, 5.41) is 0. The van der Waals surface area contributed by atoms with Crippen molar-refractivity contribution in [3.8, 4) is 0 Å². The zero-order chi connectivity index (χ0) is 7.71. The van der Waals surface area contributed by atoms with Gasteiger partial charge in [-0.2, -0.15) is 0 Å². The van der Waals surface area contributed by atoms with E-state index in [-0.39, 0.29) is 59.8 Å². The normalized spacial score (nSPS) is 10.2. The second kappa shape index (κ2) is 7.99. The molecule has 12 heteroatoms. The van der Waals surface area contributed by atoms with Crippen LogP contribution in [0.3, 0.4) is 0 Å². The van der Waals surface area contributed by atoms with Gasteiger partial charge < -0.3 is 11.0 Å². The number of hydrogen-bond donors (Lipinski definition) is 0. The Bertz CT molecular complexity index is 238. The molecule has 0 atom stereocenters. The second-order valence-electron chi connectivity index (χ2n) is 0.885. The molecule has 0 aromatic rings. The Morgan fingerprint density at radius 2 is 1.00 bits per heavy atom. The van der Waals surface area contributed by atoms with Gasteiger partial charge in [0.05, 0.1) is 0 Å². The molecule has 0 heterocycles. The Labute approximate surface area is 112 Å². The first-order chi connectivity index (χ1) is 3.71. The van der Waals surface area contributed by atoms with Crippen LogP contribution in [0.25, 0.3) is 0 Å². The van der Waals surface area contributed by atoms with Crippen LogP contribution in [0.5, 0.6) is 0 Å². The van der Waals surface area contributed by atoms with Crippen molar-refractivity contribution in [1.82, 2.24) is 0 Å². The van der Waals surface area contributed by atoms with Gasteiger partial charge in [-0.1, -0.05) is 0 Å². The zero-order valence-electron chi connectivity index (χ0n) is 5.38. The van der Waals surface area contributed by atoms with Crippen LogP contribution in [0.4, 0.5) is 0 Å². The molecule has 0 aromatic heterocycles. The van der Waals surface area contributed by atoms with Gasteiger partial charge in [-0.3, -0.25) is 0 Å². The molecule has 0 bridgehead atoms. The molecule has 12 heavy (non-hydrogen) atoms. The maximum absolute atomic E-state index is 9.38. The van der Waals surface area contributed by atoms with Crippen molar-refractivity contribution in [3.05, 3.63) is 0 Å². The summed E-state index contributed by atoms with van der Waals surface area (Å²) in [4.78, 5) is 0. The first-order valence-corrected chi connectivity index (χ1v) is 5.50. The summed E-state index contributed by atoms with van der Waals surface area (Å²) in [5.41, 5.74) is 0. The molecule has 0 aromatic carbocycles. The molecule has 4 N–H and O–H groups in total. The Kier molecular flexibility index (Phi) is 15.6. The molecular weight excluding hydrogens is 385 g/mol. The van der Waals surface area contributed by atoms with Crippen molar-refractivity contribution in [2.75, 3.05) is 0 Å². The van der Waals surface area contributed by atoms with Crippen LogP contribution >= 0.6 is 0 Å². The molecule has 0 unspecified atom stereocenters. The van der Waals surface area contributed by atoms with E-state index in [1.54, 1.807) is 0 Å². The van der Waals surface area contributed by atoms with Gasteiger partial charge in [0.2, 0.25) is 0 Å². The van der Waals surface area contributed by atoms with Crippen LogP contribution in [0.15, 0.2) is 0 Å². The van der Waals surface area contributed by atoms with Crippen molar-refractivity contribution in [2.45, 2.75) is 0 Å². The first-order valence-electron chi connectivity index (χ1n) is 1.33. The van der Waals surface area contributed by atoms with E-state index in [9.17, 15) is 23.5 Å². The summed E-state index contributed by atoms with van der Waals surface area (Å²) < 4.78 is 58.9. The standard InChI is InChI=1S/Ba.2Cr.2H2O.7O/h;;;2*1H2;;;;;;;/q+2;;;;;;;;;;2*-1. The molecule has 0 radical (unpaired) electrons. The number of rotatable bonds is 2. The van der Waals surface area contributed by atoms with Gasteiger partial charge in [-0.15, -0.1) is 0 Å². The van der Waals surface area contributed by atoms with Crippen LogP contribution in [0.2, 0.25) is 0 Å². The summed E-state index contributed by atoms with van der Waals surface area (Å²) in [5.74, 6) is 0. The van der Waals surface area contributed by atoms with E-state index in [0.717, 1.165) is 0 Å². The predicted octanol–water partition coefficient (Wildman–Crippen LogP) is -4.96. The second-order valence-corrected chi connectivity index (χ2v) is 4.52. The Hall–Kier alpha value is 1.64. The average Bonchev–Trinajstić information content (AvgIpc) is 1.14. The summed E-state index contributed by atoms with van der Waals surface area (Å²) in [7, 11) is 0. The fourth-order valence-corrected chi connectivity index (χ4v) is 1.74. The molecule has 0 fully saturated rings. The van der Waals surface area contributed by atoms with Gasteiger partial charge in [0.25, 0.3) is 0 Å². The molecule has 0 rings (SSSR count). The van der Waals surface area contributed by atoms with E-state index in [1.165, 1.54) is 0 Å². The molecule has 0 aliphatic rings. The summed E-state index contributed by atoms with van der Waals surface area (Å²) in [6, 6.07) is 0. The van der Waals surface area contributed by atoms with E-state index in [4.69, 9.17) is 0 Å². The van der Waals surface area contributed by atoms with E-state index < -0.39 is 27.2 Å². The number of hydrogen-bond acceptors (Lipinski definition) is 7. The van der Waals surface area contributed by atoms with Crippen LogP contribution < -0.4 is 8.32 Å². The average molecular weight is 389 g/mol. The van der Waals surface area contributed by atoms with Gasteiger partial charge in [0, 0.05) is 0 Å². The van der Waals surface area contributed by atoms with E-state index in [0.29, 0.717) is 0 Å². The van der Waals surface area contributed by atoms with Crippen molar-refractivity contribution in [2.24, 2.45) is 0 Å². The topological polar surface area (TPSA) is 187 Å². The van der Waals surface area contributed by atoms with E-state index in [2.05, 4.69) is 2.84 Å². The Morgan fingerprint density at radius 3 is 1.00 bits per heavy atom. The molecule has 0 spiro atoms. The van der Waals surface area contributed by atoms with Crippen molar-refractivity contribution in [3.63, 3.8) is 0 Å². The third-order valence-electron chi connectivity index (χ3n) is 0.167. The Balaban J connectivity index is -0.000000107. The molecular formula is H4BaCr2O9. The molecule has 0 aliphatic heterocycles. The summed E-state index contributed by atoms with van der Waals surface area (Å²) in [6.45, 7) is 0. The predicted molar refractivity (Wildman–Crippen MR) is 16.8 cm³/mol. The van der Waals surface area contributed by atoms with Gasteiger partial charge in [0.15, 0.2) is 0 Å². The van der Waals surface area contributed by atoms with Gasteiger partial charge in [-0.05, 0) is 0 Å². The quantitative estimate of drug-likeness (QED) is 0.423. The Morgan fingerprint density at radius 1 is 0.833 bits per heavy atom. The SMILES string of the molecule is O.O.[Ba+2].[O]=[Cr](=[O])([O-])[O][Cr](=[O])(=[O])[O-]. The van der Waals surface area contributed by atoms with Gasteiger partial charge in [0.1, 0.15) is 0 Å². The minimum atomic E-state index is -6.07. The van der Waals surface area contributed by atoms with Crippen LogP contribution in [0.1, 0.15) is 0 Å². The van der Waals surface area contributed by atoms with Crippen molar-refractivity contribution < 1.29 is 64.5 Å². The third kappa shape index (κ3) is 22.6. The summed E-state index contributed by atoms with van der Waals surface area (Å²) >= 11 is -12.1. The summed E-state index contributed by atoms with van der Waals surface area (Å²) in [6.07, 6.45) is 0. The molecule has 0 saturated carbocycles. The molecule has 0 aliphatic carbocycles. The van der Waals surface area contributed by atoms with Crippen molar-refractivity contribution >= 4 is 48.9 Å². The van der Waals surface area contributed by atoms with Crippen LogP contribution in [-0.2, 0) is 45.3 Å². The minimum absolute atomic E-state index is 0. The zero-order valence-corrected chi connectivity index (χ0v) is 12.4. The first kappa shape index (κ1) is 23.4. The van der Waals surface area contributed by atoms with E-state index in [1.807, 2.05) is 0 Å². The molecule has 0 amide bonds. The van der Waals surface area contributed by atoms with Gasteiger partial charge in [-0.25, -0.2) is 0 Å². The van der Waals surface area contributed by atoms with Gasteiger partial charge >= 0.3 is 102 Å². The fraction of sp³-hybridized carbons (Fsp3) is 0. The molecule has 0 saturated heterocycles.